The normalized spacial score (nSPS) is 20.0. The summed E-state index contributed by atoms with van der Waals surface area (Å²) in [4.78, 5) is 21.1. The third-order valence-electron chi connectivity index (χ3n) is 1.01. The van der Waals surface area contributed by atoms with Gasteiger partial charge < -0.3 is 9.47 Å². The fraction of sp³-hybridized carbons (Fsp3) is 0.750. The molecule has 1 fully saturated rings. The van der Waals surface area contributed by atoms with Crippen LogP contribution in [0.4, 0.5) is 0 Å². The van der Waals surface area contributed by atoms with Gasteiger partial charge in [-0.15, -0.1) is 0 Å². The van der Waals surface area contributed by atoms with E-state index in [0.717, 1.165) is 0 Å². The minimum absolute atomic E-state index is 0.274. The van der Waals surface area contributed by atoms with Crippen molar-refractivity contribution in [2.24, 2.45) is 0 Å². The van der Waals surface area contributed by atoms with Gasteiger partial charge in [-0.25, -0.2) is 0 Å². The minimum Gasteiger partial charge on any atom is -0.423 e. The lowest BCUT2D eigenvalue weighted by atomic mass is 10.3. The highest BCUT2D eigenvalue weighted by molar-refractivity contribution is 5.92. The van der Waals surface area contributed by atoms with E-state index in [4.69, 9.17) is 0 Å². The van der Waals surface area contributed by atoms with Crippen LogP contribution in [0.3, 0.4) is 0 Å². The molecule has 0 aliphatic carbocycles. The first-order valence-electron chi connectivity index (χ1n) is 3.93. The van der Waals surface area contributed by atoms with Crippen molar-refractivity contribution < 1.29 is 19.1 Å². The molecular weight excluding hydrogens is 160 g/mol. The van der Waals surface area contributed by atoms with Crippen molar-refractivity contribution >= 4 is 11.9 Å². The van der Waals surface area contributed by atoms with Gasteiger partial charge >= 0.3 is 11.9 Å². The number of hydrogen-bond donors (Lipinski definition) is 0. The van der Waals surface area contributed by atoms with Crippen molar-refractivity contribution in [3.63, 3.8) is 0 Å². The molecule has 0 bridgehead atoms. The van der Waals surface area contributed by atoms with E-state index in [2.05, 4.69) is 9.47 Å². The van der Waals surface area contributed by atoms with Crippen LogP contribution in [0, 0.1) is 0 Å². The third-order valence-corrected chi connectivity index (χ3v) is 1.01. The lowest BCUT2D eigenvalue weighted by Crippen LogP contribution is -2.39. The van der Waals surface area contributed by atoms with Gasteiger partial charge in [0.25, 0.3) is 5.79 Å². The van der Waals surface area contributed by atoms with E-state index in [-0.39, 0.29) is 6.42 Å². The Morgan fingerprint density at radius 2 is 1.42 bits per heavy atom. The second-order valence-electron chi connectivity index (χ2n) is 2.52. The van der Waals surface area contributed by atoms with Crippen LogP contribution in [0.5, 0.6) is 0 Å². The van der Waals surface area contributed by atoms with E-state index in [1.807, 2.05) is 13.8 Å². The lowest BCUT2D eigenvalue weighted by Gasteiger charge is -2.28. The zero-order valence-electron chi connectivity index (χ0n) is 7.84. The fourth-order valence-corrected chi connectivity index (χ4v) is 0.759. The smallest absolute Gasteiger partial charge is 0.320 e. The summed E-state index contributed by atoms with van der Waals surface area (Å²) in [7, 11) is 0. The van der Waals surface area contributed by atoms with Crippen LogP contribution in [-0.2, 0) is 19.1 Å². The molecule has 1 heterocycles. The van der Waals surface area contributed by atoms with Crippen LogP contribution in [-0.4, -0.2) is 17.7 Å². The summed E-state index contributed by atoms with van der Waals surface area (Å²) in [6.07, 6.45) is -0.274. The highest BCUT2D eigenvalue weighted by Gasteiger charge is 2.34. The summed E-state index contributed by atoms with van der Waals surface area (Å²) in [6, 6.07) is 0. The van der Waals surface area contributed by atoms with Gasteiger partial charge in [0, 0.05) is 13.8 Å². The molecule has 70 valence electrons. The van der Waals surface area contributed by atoms with E-state index < -0.39 is 17.7 Å². The van der Waals surface area contributed by atoms with Crippen molar-refractivity contribution in [3.8, 4) is 0 Å². The zero-order chi connectivity index (χ0) is 9.78. The van der Waals surface area contributed by atoms with Gasteiger partial charge in [-0.1, -0.05) is 13.8 Å². The molecular formula is C8H14O4. The Labute approximate surface area is 71.8 Å². The summed E-state index contributed by atoms with van der Waals surface area (Å²) < 4.78 is 9.32. The summed E-state index contributed by atoms with van der Waals surface area (Å²) in [5.74, 6) is -2.13. The maximum absolute atomic E-state index is 10.6. The molecule has 1 aliphatic heterocycles. The molecule has 1 rings (SSSR count). The van der Waals surface area contributed by atoms with Gasteiger partial charge in [0.2, 0.25) is 0 Å². The van der Waals surface area contributed by atoms with Crippen LogP contribution in [0.15, 0.2) is 0 Å². The maximum atomic E-state index is 10.6. The molecule has 1 saturated heterocycles. The van der Waals surface area contributed by atoms with Crippen LogP contribution in [0.1, 0.15) is 34.1 Å². The third kappa shape index (κ3) is 3.37. The lowest BCUT2D eigenvalue weighted by molar-refractivity contribution is -0.231. The molecule has 0 spiro atoms. The van der Waals surface area contributed by atoms with E-state index in [1.54, 1.807) is 0 Å². The largest absolute Gasteiger partial charge is 0.423 e. The number of rotatable bonds is 0. The first-order chi connectivity index (χ1) is 5.49. The van der Waals surface area contributed by atoms with Crippen molar-refractivity contribution in [3.05, 3.63) is 0 Å². The topological polar surface area (TPSA) is 52.6 Å². The Balaban J connectivity index is 0.000000561. The summed E-state index contributed by atoms with van der Waals surface area (Å²) in [6.45, 7) is 7.03. The van der Waals surface area contributed by atoms with Gasteiger partial charge in [-0.2, -0.15) is 0 Å². The predicted octanol–water partition coefficient (Wildman–Crippen LogP) is 1.24. The van der Waals surface area contributed by atoms with E-state index in [0.29, 0.717) is 0 Å². The Morgan fingerprint density at radius 3 is 1.67 bits per heavy atom. The number of ether oxygens (including phenoxy) is 2. The summed E-state index contributed by atoms with van der Waals surface area (Å²) in [5.41, 5.74) is 0. The summed E-state index contributed by atoms with van der Waals surface area (Å²) >= 11 is 0. The van der Waals surface area contributed by atoms with Crippen LogP contribution in [0.2, 0.25) is 0 Å². The van der Waals surface area contributed by atoms with Crippen molar-refractivity contribution in [1.82, 2.24) is 0 Å². The molecule has 0 aromatic carbocycles. The molecule has 12 heavy (non-hydrogen) atoms. The Bertz CT molecular complexity index is 165. The molecule has 4 nitrogen and oxygen atoms in total. The van der Waals surface area contributed by atoms with Gasteiger partial charge in [0.1, 0.15) is 6.42 Å². The first-order valence-corrected chi connectivity index (χ1v) is 3.93. The molecule has 0 radical (unpaired) electrons. The van der Waals surface area contributed by atoms with E-state index in [1.165, 1.54) is 13.8 Å². The summed E-state index contributed by atoms with van der Waals surface area (Å²) in [5, 5.41) is 0. The Hall–Kier alpha value is -1.06. The quantitative estimate of drug-likeness (QED) is 0.409. The van der Waals surface area contributed by atoms with Crippen LogP contribution >= 0.6 is 0 Å². The Morgan fingerprint density at radius 1 is 1.08 bits per heavy atom. The maximum Gasteiger partial charge on any atom is 0.320 e. The fourth-order valence-electron chi connectivity index (χ4n) is 0.759. The van der Waals surface area contributed by atoms with Gasteiger partial charge in [0.05, 0.1) is 0 Å². The monoisotopic (exact) mass is 174 g/mol. The van der Waals surface area contributed by atoms with Crippen molar-refractivity contribution in [2.75, 3.05) is 0 Å². The van der Waals surface area contributed by atoms with Crippen molar-refractivity contribution in [2.45, 2.75) is 39.9 Å². The number of carbonyl (C=O) groups excluding carboxylic acids is 2. The number of cyclic esters (lactones) is 2. The molecule has 0 aromatic rings. The van der Waals surface area contributed by atoms with E-state index >= 15 is 0 Å². The number of carbonyl (C=O) groups is 2. The molecule has 0 saturated carbocycles. The minimum atomic E-state index is -1.08. The average Bonchev–Trinajstić information content (AvgIpc) is 1.85. The highest BCUT2D eigenvalue weighted by atomic mass is 16.7. The second kappa shape index (κ2) is 4.09. The average molecular weight is 174 g/mol. The predicted molar refractivity (Wildman–Crippen MR) is 42.2 cm³/mol. The second-order valence-corrected chi connectivity index (χ2v) is 2.52. The number of hydrogen-bond acceptors (Lipinski definition) is 4. The molecule has 0 unspecified atom stereocenters. The van der Waals surface area contributed by atoms with Gasteiger partial charge in [-0.3, -0.25) is 9.59 Å². The van der Waals surface area contributed by atoms with Gasteiger partial charge in [-0.05, 0) is 0 Å². The molecule has 0 aromatic heterocycles. The molecule has 1 aliphatic rings. The number of esters is 2. The van der Waals surface area contributed by atoms with Crippen LogP contribution in [0.25, 0.3) is 0 Å². The van der Waals surface area contributed by atoms with Gasteiger partial charge in [0.15, 0.2) is 0 Å². The van der Waals surface area contributed by atoms with E-state index in [9.17, 15) is 9.59 Å². The molecule has 0 amide bonds. The van der Waals surface area contributed by atoms with Crippen molar-refractivity contribution in [1.29, 1.82) is 0 Å². The zero-order valence-corrected chi connectivity index (χ0v) is 7.84. The Kier molecular flexibility index (Phi) is 3.73. The first kappa shape index (κ1) is 10.9. The molecule has 0 atom stereocenters. The van der Waals surface area contributed by atoms with Crippen LogP contribution < -0.4 is 0 Å². The SMILES string of the molecule is CC.CC1(C)OC(=O)CC(=O)O1. The molecule has 4 heteroatoms. The molecule has 0 N–H and O–H groups in total. The standard InChI is InChI=1S/C6H8O4.C2H6/c1-6(2)9-4(7)3-5(8)10-6;1-2/h3H2,1-2H3;1-2H3. The highest BCUT2D eigenvalue weighted by Crippen LogP contribution is 2.18.